The van der Waals surface area contributed by atoms with Crippen LogP contribution in [0.1, 0.15) is 28.1 Å². The molecule has 1 unspecified atom stereocenters. The highest BCUT2D eigenvalue weighted by molar-refractivity contribution is 9.10. The summed E-state index contributed by atoms with van der Waals surface area (Å²) in [5.41, 5.74) is 0.930. The van der Waals surface area contributed by atoms with Crippen molar-refractivity contribution in [2.75, 3.05) is 13.2 Å². The van der Waals surface area contributed by atoms with Crippen LogP contribution >= 0.6 is 15.9 Å². The van der Waals surface area contributed by atoms with Gasteiger partial charge in [0.05, 0.1) is 17.1 Å². The van der Waals surface area contributed by atoms with Gasteiger partial charge in [0.1, 0.15) is 11.0 Å². The summed E-state index contributed by atoms with van der Waals surface area (Å²) in [4.78, 5) is 16.8. The maximum Gasteiger partial charge on any atom is 0.252 e. The molecule has 0 aliphatic carbocycles. The second-order valence-electron chi connectivity index (χ2n) is 6.41. The zero-order valence-electron chi connectivity index (χ0n) is 16.3. The molecule has 0 saturated carbocycles. The Bertz CT molecular complexity index is 1100. The molecule has 156 valence electrons. The van der Waals surface area contributed by atoms with E-state index in [0.29, 0.717) is 28.0 Å². The van der Waals surface area contributed by atoms with Crippen LogP contribution in [-0.2, 0) is 9.84 Å². The van der Waals surface area contributed by atoms with Crippen molar-refractivity contribution in [3.63, 3.8) is 0 Å². The fourth-order valence-electron chi connectivity index (χ4n) is 2.96. The Kier molecular flexibility index (Phi) is 7.23. The first-order chi connectivity index (χ1) is 14.4. The molecule has 0 aliphatic heterocycles. The van der Waals surface area contributed by atoms with E-state index in [-0.39, 0.29) is 17.3 Å². The monoisotopic (exact) mass is 488 g/mol. The standard InChI is InChI=1S/C22H21BrN2O4S/c1-2-29-17-9-11-18(12-10-17)30(27,28)21(16-6-5-13-24-14-16)15-25-22(26)19-7-3-4-8-20(19)23/h3-14,21H,2,15H2,1H3,(H,25,26). The summed E-state index contributed by atoms with van der Waals surface area (Å²) in [6, 6.07) is 16.6. The molecule has 0 radical (unpaired) electrons. The Morgan fingerprint density at radius 2 is 1.83 bits per heavy atom. The van der Waals surface area contributed by atoms with E-state index in [2.05, 4.69) is 26.2 Å². The maximum atomic E-state index is 13.4. The van der Waals surface area contributed by atoms with Gasteiger partial charge in [-0.05, 0) is 70.9 Å². The van der Waals surface area contributed by atoms with Gasteiger partial charge < -0.3 is 10.1 Å². The number of sulfone groups is 1. The lowest BCUT2D eigenvalue weighted by molar-refractivity contribution is 0.0953. The highest BCUT2D eigenvalue weighted by Crippen LogP contribution is 2.29. The van der Waals surface area contributed by atoms with Crippen molar-refractivity contribution in [1.82, 2.24) is 10.3 Å². The van der Waals surface area contributed by atoms with Gasteiger partial charge in [0.25, 0.3) is 5.91 Å². The normalized spacial score (nSPS) is 12.2. The van der Waals surface area contributed by atoms with Crippen molar-refractivity contribution in [2.45, 2.75) is 17.1 Å². The van der Waals surface area contributed by atoms with E-state index in [4.69, 9.17) is 4.74 Å². The third-order valence-corrected chi connectivity index (χ3v) is 7.27. The zero-order valence-corrected chi connectivity index (χ0v) is 18.7. The number of carbonyl (C=O) groups is 1. The van der Waals surface area contributed by atoms with Crippen molar-refractivity contribution >= 4 is 31.7 Å². The quantitative estimate of drug-likeness (QED) is 0.513. The van der Waals surface area contributed by atoms with E-state index in [9.17, 15) is 13.2 Å². The summed E-state index contributed by atoms with van der Waals surface area (Å²) in [7, 11) is -3.80. The molecule has 0 fully saturated rings. The second-order valence-corrected chi connectivity index (χ2v) is 9.40. The van der Waals surface area contributed by atoms with Gasteiger partial charge in [-0.25, -0.2) is 8.42 Å². The van der Waals surface area contributed by atoms with Crippen LogP contribution in [0.2, 0.25) is 0 Å². The summed E-state index contributed by atoms with van der Waals surface area (Å²) in [6.45, 7) is 2.25. The molecular weight excluding hydrogens is 468 g/mol. The molecule has 1 atom stereocenters. The smallest absolute Gasteiger partial charge is 0.252 e. The number of aromatic nitrogens is 1. The Hall–Kier alpha value is -2.71. The molecule has 2 aromatic carbocycles. The highest BCUT2D eigenvalue weighted by Gasteiger charge is 2.30. The fraction of sp³-hybridized carbons (Fsp3) is 0.182. The molecule has 3 aromatic rings. The molecule has 0 spiro atoms. The number of carbonyl (C=O) groups excluding carboxylic acids is 1. The zero-order chi connectivity index (χ0) is 21.6. The van der Waals surface area contributed by atoms with E-state index in [1.54, 1.807) is 54.7 Å². The molecule has 1 amide bonds. The number of pyridine rings is 1. The number of rotatable bonds is 8. The van der Waals surface area contributed by atoms with Gasteiger partial charge in [0, 0.05) is 23.4 Å². The minimum atomic E-state index is -3.80. The first kappa shape index (κ1) is 22.0. The lowest BCUT2D eigenvalue weighted by atomic mass is 10.2. The molecular formula is C22H21BrN2O4S. The van der Waals surface area contributed by atoms with Gasteiger partial charge in [-0.15, -0.1) is 0 Å². The number of halogens is 1. The summed E-state index contributed by atoms with van der Waals surface area (Å²) in [5.74, 6) is 0.231. The molecule has 0 aliphatic rings. The van der Waals surface area contributed by atoms with Crippen LogP contribution < -0.4 is 10.1 Å². The number of ether oxygens (including phenoxy) is 1. The number of benzene rings is 2. The van der Waals surface area contributed by atoms with E-state index in [1.807, 2.05) is 6.92 Å². The van der Waals surface area contributed by atoms with Crippen molar-refractivity contribution < 1.29 is 17.9 Å². The van der Waals surface area contributed by atoms with Crippen LogP contribution in [-0.4, -0.2) is 32.5 Å². The van der Waals surface area contributed by atoms with Crippen LogP contribution in [0.5, 0.6) is 5.75 Å². The van der Waals surface area contributed by atoms with Crippen LogP contribution in [0.15, 0.2) is 82.4 Å². The number of hydrogen-bond donors (Lipinski definition) is 1. The maximum absolute atomic E-state index is 13.4. The number of hydrogen-bond acceptors (Lipinski definition) is 5. The third-order valence-electron chi connectivity index (χ3n) is 4.46. The van der Waals surface area contributed by atoms with Crippen LogP contribution in [0.3, 0.4) is 0 Å². The van der Waals surface area contributed by atoms with Crippen LogP contribution in [0.4, 0.5) is 0 Å². The third kappa shape index (κ3) is 5.06. The molecule has 1 aromatic heterocycles. The lowest BCUT2D eigenvalue weighted by Gasteiger charge is -2.19. The number of nitrogens with zero attached hydrogens (tertiary/aromatic N) is 1. The number of amides is 1. The van der Waals surface area contributed by atoms with E-state index < -0.39 is 15.1 Å². The Balaban J connectivity index is 1.89. The summed E-state index contributed by atoms with van der Waals surface area (Å²) < 4.78 is 32.8. The molecule has 6 nitrogen and oxygen atoms in total. The second kappa shape index (κ2) is 9.86. The van der Waals surface area contributed by atoms with Gasteiger partial charge in [0.15, 0.2) is 9.84 Å². The summed E-state index contributed by atoms with van der Waals surface area (Å²) in [6.07, 6.45) is 3.07. The number of nitrogens with one attached hydrogen (secondary N) is 1. The Morgan fingerprint density at radius 3 is 2.47 bits per heavy atom. The molecule has 0 saturated heterocycles. The largest absolute Gasteiger partial charge is 0.494 e. The van der Waals surface area contributed by atoms with E-state index >= 15 is 0 Å². The van der Waals surface area contributed by atoms with Crippen molar-refractivity contribution in [3.05, 3.63) is 88.7 Å². The van der Waals surface area contributed by atoms with Crippen LogP contribution in [0.25, 0.3) is 0 Å². The van der Waals surface area contributed by atoms with E-state index in [0.717, 1.165) is 0 Å². The van der Waals surface area contributed by atoms with Gasteiger partial charge in [-0.2, -0.15) is 0 Å². The van der Waals surface area contributed by atoms with Crippen molar-refractivity contribution in [3.8, 4) is 5.75 Å². The molecule has 1 N–H and O–H groups in total. The van der Waals surface area contributed by atoms with Crippen LogP contribution in [0, 0.1) is 0 Å². The first-order valence-corrected chi connectivity index (χ1v) is 11.7. The van der Waals surface area contributed by atoms with Gasteiger partial charge in [-0.1, -0.05) is 18.2 Å². The summed E-state index contributed by atoms with van der Waals surface area (Å²) >= 11 is 3.34. The van der Waals surface area contributed by atoms with Gasteiger partial charge in [-0.3, -0.25) is 9.78 Å². The lowest BCUT2D eigenvalue weighted by Crippen LogP contribution is -2.32. The Morgan fingerprint density at radius 1 is 1.10 bits per heavy atom. The minimum absolute atomic E-state index is 0.0958. The molecule has 8 heteroatoms. The van der Waals surface area contributed by atoms with E-state index in [1.165, 1.54) is 18.3 Å². The molecule has 30 heavy (non-hydrogen) atoms. The summed E-state index contributed by atoms with van der Waals surface area (Å²) in [5, 5.41) is 1.76. The predicted molar refractivity (Wildman–Crippen MR) is 118 cm³/mol. The SMILES string of the molecule is CCOc1ccc(S(=O)(=O)C(CNC(=O)c2ccccc2Br)c2cccnc2)cc1. The minimum Gasteiger partial charge on any atom is -0.494 e. The topological polar surface area (TPSA) is 85.4 Å². The first-order valence-electron chi connectivity index (χ1n) is 9.33. The van der Waals surface area contributed by atoms with Gasteiger partial charge in [0.2, 0.25) is 0 Å². The Labute approximate surface area is 184 Å². The molecule has 0 bridgehead atoms. The average molecular weight is 489 g/mol. The predicted octanol–water partition coefficient (Wildman–Crippen LogP) is 4.19. The van der Waals surface area contributed by atoms with Gasteiger partial charge >= 0.3 is 0 Å². The molecule has 3 rings (SSSR count). The van der Waals surface area contributed by atoms with Crippen molar-refractivity contribution in [2.24, 2.45) is 0 Å². The van der Waals surface area contributed by atoms with Crippen molar-refractivity contribution in [1.29, 1.82) is 0 Å². The highest BCUT2D eigenvalue weighted by atomic mass is 79.9. The molecule has 1 heterocycles. The fourth-order valence-corrected chi connectivity index (χ4v) is 5.06. The average Bonchev–Trinajstić information content (AvgIpc) is 2.75.